The van der Waals surface area contributed by atoms with E-state index < -0.39 is 0 Å². The van der Waals surface area contributed by atoms with Crippen molar-refractivity contribution in [3.63, 3.8) is 0 Å². The fraction of sp³-hybridized carbons (Fsp3) is 0.800. The van der Waals surface area contributed by atoms with Gasteiger partial charge in [0.25, 0.3) is 0 Å². The smallest absolute Gasteiger partial charge is 0.176 e. The van der Waals surface area contributed by atoms with Gasteiger partial charge in [0.15, 0.2) is 6.19 Å². The summed E-state index contributed by atoms with van der Waals surface area (Å²) in [6.45, 7) is 1.18. The van der Waals surface area contributed by atoms with Crippen molar-refractivity contribution in [1.29, 1.82) is 5.26 Å². The Kier molecular flexibility index (Phi) is 6.54. The highest BCUT2D eigenvalue weighted by Gasteiger charge is 1.83. The molecule has 54 valence electrons. The average molecular weight is 139 g/mol. The minimum atomic E-state index is 0.517. The van der Waals surface area contributed by atoms with Crippen LogP contribution in [0.25, 0.3) is 10.4 Å². The molecule has 5 nitrogen and oxygen atoms in total. The van der Waals surface area contributed by atoms with Gasteiger partial charge in [0.05, 0.1) is 0 Å². The zero-order valence-electron chi connectivity index (χ0n) is 5.62. The number of nitrogens with one attached hydrogen (secondary N) is 1. The van der Waals surface area contributed by atoms with Crippen LogP contribution in [-0.4, -0.2) is 13.1 Å². The molecule has 1 N–H and O–H groups in total. The standard InChI is InChI=1S/C5H9N5/c6-5-8-3-1-2-4-9-10-7/h8H,1-4H2. The van der Waals surface area contributed by atoms with E-state index in [2.05, 4.69) is 15.3 Å². The molecule has 0 heterocycles. The molecule has 0 aliphatic rings. The first kappa shape index (κ1) is 8.60. The summed E-state index contributed by atoms with van der Waals surface area (Å²) in [5.41, 5.74) is 7.86. The molecule has 0 aromatic rings. The molecule has 0 fully saturated rings. The lowest BCUT2D eigenvalue weighted by molar-refractivity contribution is 0.707. The van der Waals surface area contributed by atoms with E-state index in [1.807, 2.05) is 0 Å². The van der Waals surface area contributed by atoms with Gasteiger partial charge < -0.3 is 5.32 Å². The van der Waals surface area contributed by atoms with Gasteiger partial charge in [-0.2, -0.15) is 5.26 Å². The van der Waals surface area contributed by atoms with Crippen molar-refractivity contribution in [2.75, 3.05) is 13.1 Å². The summed E-state index contributed by atoms with van der Waals surface area (Å²) in [5.74, 6) is 0. The Hall–Kier alpha value is -1.40. The maximum absolute atomic E-state index is 8.03. The van der Waals surface area contributed by atoms with Crippen molar-refractivity contribution < 1.29 is 0 Å². The molecule has 0 rings (SSSR count). The second kappa shape index (κ2) is 7.60. The van der Waals surface area contributed by atoms with Gasteiger partial charge >= 0.3 is 0 Å². The van der Waals surface area contributed by atoms with Crippen LogP contribution < -0.4 is 5.32 Å². The van der Waals surface area contributed by atoms with Crippen molar-refractivity contribution in [3.05, 3.63) is 10.4 Å². The molecule has 0 saturated carbocycles. The van der Waals surface area contributed by atoms with E-state index in [0.29, 0.717) is 13.1 Å². The van der Waals surface area contributed by atoms with E-state index in [4.69, 9.17) is 10.8 Å². The van der Waals surface area contributed by atoms with E-state index in [1.54, 1.807) is 6.19 Å². The summed E-state index contributed by atoms with van der Waals surface area (Å²) in [4.78, 5) is 2.59. The third-order valence-electron chi connectivity index (χ3n) is 0.952. The van der Waals surface area contributed by atoms with Crippen molar-refractivity contribution >= 4 is 0 Å². The molecule has 0 aromatic carbocycles. The van der Waals surface area contributed by atoms with E-state index in [0.717, 1.165) is 12.8 Å². The van der Waals surface area contributed by atoms with Gasteiger partial charge in [-0.15, -0.1) is 0 Å². The summed E-state index contributed by atoms with van der Waals surface area (Å²) in [5, 5.41) is 13.9. The molecule has 0 unspecified atom stereocenters. The van der Waals surface area contributed by atoms with Crippen molar-refractivity contribution in [2.45, 2.75) is 12.8 Å². The molecular weight excluding hydrogens is 130 g/mol. The molecule has 0 aliphatic heterocycles. The molecule has 0 aliphatic carbocycles. The second-order valence-electron chi connectivity index (χ2n) is 1.70. The lowest BCUT2D eigenvalue weighted by Crippen LogP contribution is -2.06. The zero-order chi connectivity index (χ0) is 7.66. The van der Waals surface area contributed by atoms with E-state index in [-0.39, 0.29) is 0 Å². The number of unbranched alkanes of at least 4 members (excludes halogenated alkanes) is 1. The first-order valence-corrected chi connectivity index (χ1v) is 3.04. The summed E-state index contributed by atoms with van der Waals surface area (Å²) in [7, 11) is 0. The topological polar surface area (TPSA) is 84.6 Å². The number of rotatable bonds is 5. The Bertz CT molecular complexity index is 152. The molecule has 0 bridgehead atoms. The first-order chi connectivity index (χ1) is 4.91. The summed E-state index contributed by atoms with van der Waals surface area (Å²) in [6.07, 6.45) is 3.50. The first-order valence-electron chi connectivity index (χ1n) is 3.04. The van der Waals surface area contributed by atoms with Gasteiger partial charge in [0, 0.05) is 18.0 Å². The highest BCUT2D eigenvalue weighted by Crippen LogP contribution is 1.86. The Morgan fingerprint density at radius 3 is 3.00 bits per heavy atom. The number of nitrogens with zero attached hydrogens (tertiary/aromatic N) is 4. The van der Waals surface area contributed by atoms with Crippen molar-refractivity contribution in [1.82, 2.24) is 5.32 Å². The van der Waals surface area contributed by atoms with Gasteiger partial charge in [-0.05, 0) is 18.4 Å². The minimum Gasteiger partial charge on any atom is -0.324 e. The van der Waals surface area contributed by atoms with Crippen LogP contribution in [0.15, 0.2) is 5.11 Å². The van der Waals surface area contributed by atoms with Crippen LogP contribution in [0, 0.1) is 11.5 Å². The van der Waals surface area contributed by atoms with Crippen LogP contribution in [0.5, 0.6) is 0 Å². The lowest BCUT2D eigenvalue weighted by atomic mass is 10.3. The molecule has 10 heavy (non-hydrogen) atoms. The lowest BCUT2D eigenvalue weighted by Gasteiger charge is -1.92. The van der Waals surface area contributed by atoms with Gasteiger partial charge in [-0.1, -0.05) is 5.11 Å². The van der Waals surface area contributed by atoms with Crippen LogP contribution in [0.4, 0.5) is 0 Å². The highest BCUT2D eigenvalue weighted by atomic mass is 15.1. The molecular formula is C5H9N5. The minimum absolute atomic E-state index is 0.517. The van der Waals surface area contributed by atoms with Gasteiger partial charge in [0.1, 0.15) is 0 Å². The van der Waals surface area contributed by atoms with Crippen molar-refractivity contribution in [3.8, 4) is 6.19 Å². The van der Waals surface area contributed by atoms with Crippen LogP contribution in [0.3, 0.4) is 0 Å². The summed E-state index contributed by atoms with van der Waals surface area (Å²) < 4.78 is 0. The molecule has 0 atom stereocenters. The fourth-order valence-electron chi connectivity index (χ4n) is 0.497. The Balaban J connectivity index is 2.92. The van der Waals surface area contributed by atoms with E-state index in [9.17, 15) is 0 Å². The maximum atomic E-state index is 8.03. The second-order valence-corrected chi connectivity index (χ2v) is 1.70. The maximum Gasteiger partial charge on any atom is 0.176 e. The Morgan fingerprint density at radius 2 is 2.40 bits per heavy atom. The number of hydrogen-bond donors (Lipinski definition) is 1. The molecule has 0 amide bonds. The third kappa shape index (κ3) is 6.60. The number of hydrogen-bond acceptors (Lipinski definition) is 3. The largest absolute Gasteiger partial charge is 0.324 e. The predicted octanol–water partition coefficient (Wildman–Crippen LogP) is 1.15. The van der Waals surface area contributed by atoms with Gasteiger partial charge in [-0.25, -0.2) is 0 Å². The molecule has 0 saturated heterocycles. The summed E-state index contributed by atoms with van der Waals surface area (Å²) >= 11 is 0. The SMILES string of the molecule is N#CNCCCCN=[N+]=[N-]. The van der Waals surface area contributed by atoms with Crippen molar-refractivity contribution in [2.24, 2.45) is 5.11 Å². The van der Waals surface area contributed by atoms with E-state index >= 15 is 0 Å². The third-order valence-corrected chi connectivity index (χ3v) is 0.952. The zero-order valence-corrected chi connectivity index (χ0v) is 5.62. The normalized spacial score (nSPS) is 7.50. The Labute approximate surface area is 59.3 Å². The average Bonchev–Trinajstić information content (AvgIpc) is 1.97. The number of nitriles is 1. The van der Waals surface area contributed by atoms with E-state index in [1.165, 1.54) is 0 Å². The monoisotopic (exact) mass is 139 g/mol. The molecule has 0 spiro atoms. The molecule has 5 heteroatoms. The van der Waals surface area contributed by atoms with Crippen LogP contribution in [-0.2, 0) is 0 Å². The van der Waals surface area contributed by atoms with Gasteiger partial charge in [-0.3, -0.25) is 0 Å². The number of azide groups is 1. The predicted molar refractivity (Wildman–Crippen MR) is 36.9 cm³/mol. The Morgan fingerprint density at radius 1 is 1.60 bits per heavy atom. The van der Waals surface area contributed by atoms with Crippen LogP contribution in [0.1, 0.15) is 12.8 Å². The summed E-state index contributed by atoms with van der Waals surface area (Å²) in [6, 6.07) is 0. The molecule has 0 radical (unpaired) electrons. The highest BCUT2D eigenvalue weighted by molar-refractivity contribution is 4.63. The quantitative estimate of drug-likeness (QED) is 0.155. The van der Waals surface area contributed by atoms with Gasteiger partial charge in [0.2, 0.25) is 0 Å². The molecule has 0 aromatic heterocycles. The van der Waals surface area contributed by atoms with Crippen LogP contribution >= 0.6 is 0 Å². The van der Waals surface area contributed by atoms with Crippen LogP contribution in [0.2, 0.25) is 0 Å². The fourth-order valence-corrected chi connectivity index (χ4v) is 0.497.